The van der Waals surface area contributed by atoms with Crippen LogP contribution in [0.25, 0.3) is 84.2 Å². The lowest BCUT2D eigenvalue weighted by Crippen LogP contribution is -2.25. The largest absolute Gasteiger partial charge is 0.309 e. The Bertz CT molecular complexity index is 3540. The normalized spacial score (nSPS) is 15.3. The van der Waals surface area contributed by atoms with Gasteiger partial charge in [0.1, 0.15) is 0 Å². The first-order chi connectivity index (χ1) is 31.7. The average molecular weight is 817 g/mol. The van der Waals surface area contributed by atoms with E-state index in [2.05, 4.69) is 187 Å². The molecular formula is C60H40N4. The first-order valence-corrected chi connectivity index (χ1v) is 22.1. The van der Waals surface area contributed by atoms with Crippen molar-refractivity contribution >= 4 is 33.5 Å². The predicted molar refractivity (Wildman–Crippen MR) is 262 cm³/mol. The van der Waals surface area contributed by atoms with Crippen molar-refractivity contribution in [2.75, 3.05) is 0 Å². The molecule has 0 fully saturated rings. The van der Waals surface area contributed by atoms with Crippen LogP contribution < -0.4 is 0 Å². The number of fused-ring (bicyclic) bond motifs is 14. The van der Waals surface area contributed by atoms with Gasteiger partial charge in [-0.1, -0.05) is 176 Å². The Balaban J connectivity index is 1.04. The van der Waals surface area contributed by atoms with Crippen LogP contribution in [0.3, 0.4) is 0 Å². The number of para-hydroxylation sites is 1. The topological polar surface area (TPSA) is 43.6 Å². The molecule has 0 atom stereocenters. The summed E-state index contributed by atoms with van der Waals surface area (Å²) in [5.41, 5.74) is 20.4. The molecule has 0 amide bonds. The lowest BCUT2D eigenvalue weighted by atomic mass is 9.70. The smallest absolute Gasteiger partial charge is 0.164 e. The van der Waals surface area contributed by atoms with Crippen LogP contribution in [0, 0.1) is 0 Å². The van der Waals surface area contributed by atoms with E-state index in [1.165, 1.54) is 83.0 Å². The highest BCUT2D eigenvalue weighted by atomic mass is 15.0. The highest BCUT2D eigenvalue weighted by molar-refractivity contribution is 6.12. The molecule has 2 heterocycles. The summed E-state index contributed by atoms with van der Waals surface area (Å²) >= 11 is 0. The highest BCUT2D eigenvalue weighted by Gasteiger charge is 2.51. The molecule has 64 heavy (non-hydrogen) atoms. The van der Waals surface area contributed by atoms with Crippen LogP contribution in [0.2, 0.25) is 0 Å². The zero-order chi connectivity index (χ0) is 42.4. The van der Waals surface area contributed by atoms with Crippen molar-refractivity contribution in [2.45, 2.75) is 18.8 Å². The summed E-state index contributed by atoms with van der Waals surface area (Å²) in [7, 11) is 0. The van der Waals surface area contributed by atoms with Crippen LogP contribution in [-0.4, -0.2) is 19.5 Å². The zero-order valence-corrected chi connectivity index (χ0v) is 35.2. The molecule has 4 heteroatoms. The van der Waals surface area contributed by atoms with Crippen LogP contribution in [0.1, 0.15) is 46.1 Å². The first kappa shape index (κ1) is 36.4. The van der Waals surface area contributed by atoms with Gasteiger partial charge in [-0.15, -0.1) is 0 Å². The Labute approximate surface area is 371 Å². The Morgan fingerprint density at radius 2 is 1.06 bits per heavy atom. The predicted octanol–water partition coefficient (Wildman–Crippen LogP) is 14.2. The monoisotopic (exact) mass is 816 g/mol. The molecule has 10 aromatic rings. The third-order valence-corrected chi connectivity index (χ3v) is 13.6. The first-order valence-electron chi connectivity index (χ1n) is 22.1. The number of hydrogen-bond acceptors (Lipinski definition) is 3. The van der Waals surface area contributed by atoms with Crippen molar-refractivity contribution in [3.63, 3.8) is 0 Å². The molecule has 0 unspecified atom stereocenters. The minimum atomic E-state index is -0.434. The Morgan fingerprint density at radius 3 is 1.70 bits per heavy atom. The number of aromatic nitrogens is 4. The summed E-state index contributed by atoms with van der Waals surface area (Å²) < 4.78 is 2.49. The van der Waals surface area contributed by atoms with E-state index in [1.54, 1.807) is 0 Å². The number of benzene rings is 8. The maximum Gasteiger partial charge on any atom is 0.164 e. The second-order valence-electron chi connectivity index (χ2n) is 17.0. The molecular weight excluding hydrogens is 777 g/mol. The van der Waals surface area contributed by atoms with Gasteiger partial charge in [0.25, 0.3) is 0 Å². The lowest BCUT2D eigenvalue weighted by Gasteiger charge is -2.30. The SMILES string of the molecule is C/C=C\C=C1\Cc2ccc(-n3c4ccccc4c4cc5c(cc43)C3(c4ccccc4-c4ccccc43)c3ccccc3-5)cc2C1=Cc1nc(-c2ccccc2)nc(-c2ccccc2)n1. The number of allylic oxidation sites excluding steroid dienone is 5. The molecule has 0 N–H and O–H groups in total. The van der Waals surface area contributed by atoms with E-state index in [-0.39, 0.29) is 0 Å². The molecule has 0 bridgehead atoms. The molecule has 1 spiro atoms. The fourth-order valence-corrected chi connectivity index (χ4v) is 11.0. The van der Waals surface area contributed by atoms with Crippen molar-refractivity contribution < 1.29 is 0 Å². The summed E-state index contributed by atoms with van der Waals surface area (Å²) in [5.74, 6) is 1.93. The van der Waals surface area contributed by atoms with E-state index in [0.717, 1.165) is 28.8 Å². The van der Waals surface area contributed by atoms with Crippen LogP contribution in [0.15, 0.2) is 212 Å². The number of rotatable bonds is 5. The van der Waals surface area contributed by atoms with E-state index >= 15 is 0 Å². The zero-order valence-electron chi connectivity index (χ0n) is 35.2. The van der Waals surface area contributed by atoms with E-state index in [9.17, 15) is 0 Å². The fourth-order valence-electron chi connectivity index (χ4n) is 11.0. The van der Waals surface area contributed by atoms with Gasteiger partial charge >= 0.3 is 0 Å². The van der Waals surface area contributed by atoms with Crippen molar-refractivity contribution in [1.82, 2.24) is 19.5 Å². The van der Waals surface area contributed by atoms with Gasteiger partial charge in [-0.05, 0) is 117 Å². The highest BCUT2D eigenvalue weighted by Crippen LogP contribution is 2.63. The molecule has 8 aromatic carbocycles. The average Bonchev–Trinajstić information content (AvgIpc) is 4.06. The van der Waals surface area contributed by atoms with Crippen LogP contribution >= 0.6 is 0 Å². The maximum atomic E-state index is 5.10. The fraction of sp³-hybridized carbons (Fsp3) is 0.0500. The minimum absolute atomic E-state index is 0.434. The van der Waals surface area contributed by atoms with Crippen molar-refractivity contribution in [2.24, 2.45) is 0 Å². The van der Waals surface area contributed by atoms with Gasteiger partial charge in [0.05, 0.1) is 16.4 Å². The number of nitrogens with zero attached hydrogens (tertiary/aromatic N) is 4. The van der Waals surface area contributed by atoms with Gasteiger partial charge in [0, 0.05) is 27.6 Å². The Morgan fingerprint density at radius 1 is 0.484 bits per heavy atom. The molecule has 0 radical (unpaired) electrons. The molecule has 0 saturated carbocycles. The lowest BCUT2D eigenvalue weighted by molar-refractivity contribution is 0.794. The van der Waals surface area contributed by atoms with E-state index in [4.69, 9.17) is 15.0 Å². The summed E-state index contributed by atoms with van der Waals surface area (Å²) in [6.45, 7) is 2.06. The minimum Gasteiger partial charge on any atom is -0.309 e. The van der Waals surface area contributed by atoms with Crippen LogP contribution in [0.4, 0.5) is 0 Å². The second kappa shape index (κ2) is 14.2. The molecule has 2 aromatic heterocycles. The summed E-state index contributed by atoms with van der Waals surface area (Å²) in [4.78, 5) is 15.2. The Kier molecular flexibility index (Phi) is 8.07. The summed E-state index contributed by atoms with van der Waals surface area (Å²) in [6, 6.07) is 68.4. The summed E-state index contributed by atoms with van der Waals surface area (Å²) in [6.07, 6.45) is 9.44. The standard InChI is InChI=1S/C60H40N4/c1-2-3-18-40-33-41-31-32-42(34-47(41)48(40)36-57-61-58(38-19-6-4-7-20-38)63-59(62-57)39-21-8-5-9-22-39)64-55-30-17-13-26-46(55)50-35-49-45-25-12-16-29-53(45)60(54(49)37-56(50)64)51-27-14-10-23-43(51)44-24-11-15-28-52(44)60/h2-32,34-37H,33H2,1H3/b3-2-,40-18-,48-36?. The van der Waals surface area contributed by atoms with Gasteiger partial charge in [-0.3, -0.25) is 0 Å². The van der Waals surface area contributed by atoms with Crippen molar-refractivity contribution in [1.29, 1.82) is 0 Å². The van der Waals surface area contributed by atoms with E-state index < -0.39 is 5.41 Å². The maximum absolute atomic E-state index is 5.10. The van der Waals surface area contributed by atoms with Crippen LogP contribution in [-0.2, 0) is 11.8 Å². The third kappa shape index (κ3) is 5.26. The third-order valence-electron chi connectivity index (χ3n) is 13.6. The molecule has 3 aliphatic carbocycles. The molecule has 4 nitrogen and oxygen atoms in total. The molecule has 3 aliphatic rings. The molecule has 0 aliphatic heterocycles. The molecule has 300 valence electrons. The van der Waals surface area contributed by atoms with Crippen molar-refractivity contribution in [3.05, 3.63) is 251 Å². The number of hydrogen-bond donors (Lipinski definition) is 0. The van der Waals surface area contributed by atoms with Crippen LogP contribution in [0.5, 0.6) is 0 Å². The quantitative estimate of drug-likeness (QED) is 0.174. The van der Waals surface area contributed by atoms with Gasteiger partial charge in [0.2, 0.25) is 0 Å². The summed E-state index contributed by atoms with van der Waals surface area (Å²) in [5, 5.41) is 2.49. The van der Waals surface area contributed by atoms with Gasteiger partial charge in [-0.25, -0.2) is 15.0 Å². The van der Waals surface area contributed by atoms with Gasteiger partial charge in [0.15, 0.2) is 17.5 Å². The molecule has 13 rings (SSSR count). The Hall–Kier alpha value is -8.21. The van der Waals surface area contributed by atoms with E-state index in [0.29, 0.717) is 17.5 Å². The van der Waals surface area contributed by atoms with Crippen molar-refractivity contribution in [3.8, 4) is 50.7 Å². The second-order valence-corrected chi connectivity index (χ2v) is 17.0. The van der Waals surface area contributed by atoms with E-state index in [1.807, 2.05) is 36.4 Å². The van der Waals surface area contributed by atoms with Gasteiger partial charge < -0.3 is 4.57 Å². The van der Waals surface area contributed by atoms with Gasteiger partial charge in [-0.2, -0.15) is 0 Å². The molecule has 0 saturated heterocycles.